The summed E-state index contributed by atoms with van der Waals surface area (Å²) in [6, 6.07) is 4.71. The van der Waals surface area contributed by atoms with E-state index in [1.165, 1.54) is 6.07 Å². The molecule has 106 valence electrons. The largest absolute Gasteiger partial charge is 0.427 e. The molecule has 0 aliphatic heterocycles. The van der Waals surface area contributed by atoms with E-state index in [1.807, 2.05) is 0 Å². The second-order valence-electron chi connectivity index (χ2n) is 4.21. The van der Waals surface area contributed by atoms with E-state index in [2.05, 4.69) is 4.74 Å². The van der Waals surface area contributed by atoms with Crippen molar-refractivity contribution >= 4 is 0 Å². The predicted molar refractivity (Wildman–Crippen MR) is 62.0 cm³/mol. The summed E-state index contributed by atoms with van der Waals surface area (Å²) < 4.78 is 71.1. The maximum absolute atomic E-state index is 13.8. The van der Waals surface area contributed by atoms with Gasteiger partial charge in [-0.15, -0.1) is 0 Å². The van der Waals surface area contributed by atoms with Crippen LogP contribution in [-0.4, -0.2) is 0 Å². The summed E-state index contributed by atoms with van der Waals surface area (Å²) in [6.45, 7) is 1.58. The van der Waals surface area contributed by atoms with Crippen LogP contribution >= 0.6 is 0 Å². The van der Waals surface area contributed by atoms with Gasteiger partial charge in [-0.3, -0.25) is 0 Å². The Hall–Kier alpha value is -2.11. The molecule has 1 nitrogen and oxygen atoms in total. The molecule has 0 fully saturated rings. The molecule has 0 spiro atoms. The summed E-state index contributed by atoms with van der Waals surface area (Å²) in [6.07, 6.45) is -4.06. The highest BCUT2D eigenvalue weighted by molar-refractivity contribution is 5.30. The van der Waals surface area contributed by atoms with Crippen LogP contribution in [0.5, 0.6) is 5.75 Å². The van der Waals surface area contributed by atoms with Crippen molar-refractivity contribution in [2.45, 2.75) is 13.0 Å². The summed E-state index contributed by atoms with van der Waals surface area (Å²) >= 11 is 0. The van der Waals surface area contributed by atoms with E-state index in [0.717, 1.165) is 12.1 Å². The lowest BCUT2D eigenvalue weighted by atomic mass is 10.2. The number of ether oxygens (including phenoxy) is 1. The van der Waals surface area contributed by atoms with Crippen LogP contribution in [-0.2, 0) is 6.11 Å². The highest BCUT2D eigenvalue weighted by Crippen LogP contribution is 2.33. The Bertz CT molecular complexity index is 619. The van der Waals surface area contributed by atoms with E-state index in [-0.39, 0.29) is 0 Å². The number of aryl methyl sites for hydroxylation is 1. The smallest absolute Gasteiger partial charge is 0.426 e. The van der Waals surface area contributed by atoms with Crippen molar-refractivity contribution in [2.24, 2.45) is 0 Å². The van der Waals surface area contributed by atoms with Crippen LogP contribution < -0.4 is 4.74 Å². The molecule has 0 bridgehead atoms. The quantitative estimate of drug-likeness (QED) is 0.753. The fraction of sp³-hybridized carbons (Fsp3) is 0.143. The molecule has 0 radical (unpaired) electrons. The summed E-state index contributed by atoms with van der Waals surface area (Å²) in [5, 5.41) is 0. The van der Waals surface area contributed by atoms with Crippen LogP contribution in [0.2, 0.25) is 0 Å². The SMILES string of the molecule is Cc1ccc(OC(F)(F)c2cc(F)cc(F)c2)c(F)c1. The van der Waals surface area contributed by atoms with E-state index in [1.54, 1.807) is 6.92 Å². The van der Waals surface area contributed by atoms with Gasteiger partial charge in [0.15, 0.2) is 11.6 Å². The van der Waals surface area contributed by atoms with Crippen molar-refractivity contribution in [3.63, 3.8) is 0 Å². The van der Waals surface area contributed by atoms with E-state index in [9.17, 15) is 22.0 Å². The Morgan fingerprint density at radius 3 is 2.05 bits per heavy atom. The van der Waals surface area contributed by atoms with Crippen molar-refractivity contribution < 1.29 is 26.7 Å². The van der Waals surface area contributed by atoms with Crippen molar-refractivity contribution in [1.29, 1.82) is 0 Å². The summed E-state index contributed by atoms with van der Waals surface area (Å²) in [5.74, 6) is -4.04. The molecule has 0 aliphatic rings. The first-order valence-electron chi connectivity index (χ1n) is 5.57. The first-order valence-corrected chi connectivity index (χ1v) is 5.57. The lowest BCUT2D eigenvalue weighted by Gasteiger charge is -2.19. The zero-order valence-corrected chi connectivity index (χ0v) is 10.3. The fourth-order valence-corrected chi connectivity index (χ4v) is 1.61. The average Bonchev–Trinajstić information content (AvgIpc) is 2.31. The minimum absolute atomic E-state index is 0.426. The van der Waals surface area contributed by atoms with Gasteiger partial charge in [-0.25, -0.2) is 13.2 Å². The Kier molecular flexibility index (Phi) is 3.65. The van der Waals surface area contributed by atoms with E-state index < -0.39 is 34.9 Å². The third kappa shape index (κ3) is 3.07. The topological polar surface area (TPSA) is 9.23 Å². The molecule has 0 saturated heterocycles. The minimum Gasteiger partial charge on any atom is -0.426 e. The van der Waals surface area contributed by atoms with Crippen LogP contribution in [0.4, 0.5) is 22.0 Å². The van der Waals surface area contributed by atoms with Gasteiger partial charge in [-0.05, 0) is 36.8 Å². The van der Waals surface area contributed by atoms with Gasteiger partial charge in [0.25, 0.3) is 0 Å². The van der Waals surface area contributed by atoms with Crippen LogP contribution in [0.15, 0.2) is 36.4 Å². The first kappa shape index (κ1) is 14.3. The Morgan fingerprint density at radius 2 is 1.50 bits per heavy atom. The fourth-order valence-electron chi connectivity index (χ4n) is 1.61. The number of halogens is 5. The van der Waals surface area contributed by atoms with Gasteiger partial charge in [0.2, 0.25) is 0 Å². The maximum Gasteiger partial charge on any atom is 0.427 e. The van der Waals surface area contributed by atoms with Gasteiger partial charge in [-0.2, -0.15) is 8.78 Å². The molecule has 20 heavy (non-hydrogen) atoms. The zero-order chi connectivity index (χ0) is 14.9. The van der Waals surface area contributed by atoms with Crippen molar-refractivity contribution in [3.8, 4) is 5.75 Å². The average molecular weight is 288 g/mol. The first-order chi connectivity index (χ1) is 9.28. The lowest BCUT2D eigenvalue weighted by molar-refractivity contribution is -0.187. The zero-order valence-electron chi connectivity index (χ0n) is 10.3. The molecular formula is C14H9F5O. The molecule has 0 amide bonds. The van der Waals surface area contributed by atoms with E-state index in [4.69, 9.17) is 0 Å². The van der Waals surface area contributed by atoms with Crippen molar-refractivity contribution in [3.05, 3.63) is 65.0 Å². The number of alkyl halides is 2. The Balaban J connectivity index is 2.34. The molecule has 0 atom stereocenters. The molecule has 6 heteroatoms. The Labute approximate surface area is 111 Å². The second-order valence-corrected chi connectivity index (χ2v) is 4.21. The minimum atomic E-state index is -4.06. The molecule has 0 N–H and O–H groups in total. The van der Waals surface area contributed by atoms with Gasteiger partial charge in [-0.1, -0.05) is 6.07 Å². The van der Waals surface area contributed by atoms with Gasteiger partial charge in [0, 0.05) is 6.07 Å². The van der Waals surface area contributed by atoms with Crippen LogP contribution in [0.3, 0.4) is 0 Å². The maximum atomic E-state index is 13.8. The third-order valence-electron chi connectivity index (χ3n) is 2.52. The standard InChI is InChI=1S/C14H9F5O/c1-8-2-3-13(12(17)4-8)20-14(18,19)9-5-10(15)7-11(16)6-9/h2-7H,1H3. The molecule has 0 aliphatic carbocycles. The summed E-state index contributed by atoms with van der Waals surface area (Å²) in [7, 11) is 0. The molecule has 2 aromatic carbocycles. The molecule has 0 unspecified atom stereocenters. The van der Waals surface area contributed by atoms with E-state index >= 15 is 0 Å². The van der Waals surface area contributed by atoms with Gasteiger partial charge in [0.1, 0.15) is 11.6 Å². The van der Waals surface area contributed by atoms with Crippen LogP contribution in [0.25, 0.3) is 0 Å². The molecule has 0 heterocycles. The summed E-state index contributed by atoms with van der Waals surface area (Å²) in [5.41, 5.74) is -0.509. The molecule has 0 saturated carbocycles. The number of benzene rings is 2. The highest BCUT2D eigenvalue weighted by Gasteiger charge is 2.36. The molecule has 2 aromatic rings. The van der Waals surface area contributed by atoms with Gasteiger partial charge < -0.3 is 4.74 Å². The van der Waals surface area contributed by atoms with Crippen LogP contribution in [0, 0.1) is 24.4 Å². The molecular weight excluding hydrogens is 279 g/mol. The van der Waals surface area contributed by atoms with E-state index in [0.29, 0.717) is 23.8 Å². The summed E-state index contributed by atoms with van der Waals surface area (Å²) in [4.78, 5) is 0. The lowest BCUT2D eigenvalue weighted by Crippen LogP contribution is -2.23. The monoisotopic (exact) mass is 288 g/mol. The normalized spacial score (nSPS) is 11.5. The number of rotatable bonds is 3. The predicted octanol–water partition coefficient (Wildman–Crippen LogP) is 4.54. The third-order valence-corrected chi connectivity index (χ3v) is 2.52. The van der Waals surface area contributed by atoms with Crippen molar-refractivity contribution in [2.75, 3.05) is 0 Å². The molecule has 0 aromatic heterocycles. The number of hydrogen-bond acceptors (Lipinski definition) is 1. The second kappa shape index (κ2) is 5.11. The van der Waals surface area contributed by atoms with Gasteiger partial charge in [0.05, 0.1) is 5.56 Å². The Morgan fingerprint density at radius 1 is 0.900 bits per heavy atom. The number of hydrogen-bond donors (Lipinski definition) is 0. The van der Waals surface area contributed by atoms with Crippen LogP contribution in [0.1, 0.15) is 11.1 Å². The highest BCUT2D eigenvalue weighted by atomic mass is 19.3. The molecule has 2 rings (SSSR count). The van der Waals surface area contributed by atoms with Crippen molar-refractivity contribution in [1.82, 2.24) is 0 Å². The van der Waals surface area contributed by atoms with Gasteiger partial charge >= 0.3 is 6.11 Å².